The molecule has 0 aliphatic heterocycles. The van der Waals surface area contributed by atoms with Gasteiger partial charge in [0.1, 0.15) is 12.1 Å². The Balaban J connectivity index is 2.09. The Morgan fingerprint density at radius 3 is 2.09 bits per heavy atom. The van der Waals surface area contributed by atoms with E-state index in [1.807, 2.05) is 55.5 Å². The van der Waals surface area contributed by atoms with E-state index in [1.165, 1.54) is 6.92 Å². The highest BCUT2D eigenvalue weighted by atomic mass is 16.4. The second-order valence-electron chi connectivity index (χ2n) is 7.86. The predicted octanol–water partition coefficient (Wildman–Crippen LogP) is 3.36. The number of carboxylic acids is 1. The number of rotatable bonds is 13. The summed E-state index contributed by atoms with van der Waals surface area (Å²) in [4.78, 5) is 37.3. The number of benzene rings is 2. The standard InChI is InChI=1S/C25H33N3O4/c1-3-4-15-21(23(29)27-20-13-9-6-10-14-20)28-24(30)22(26-18(2)25(31)32)17-16-19-11-7-5-8-12-19/h5-14,18,21-22,26H,3-4,15-17H2,1-2H3,(H,27,29)(H,28,30)(H,31,32)/t18-,21+,22+/m1/s1. The highest BCUT2D eigenvalue weighted by molar-refractivity contribution is 5.97. The van der Waals surface area contributed by atoms with Gasteiger partial charge in [0.05, 0.1) is 6.04 Å². The van der Waals surface area contributed by atoms with Gasteiger partial charge in [0.25, 0.3) is 0 Å². The zero-order valence-electron chi connectivity index (χ0n) is 18.7. The van der Waals surface area contributed by atoms with Crippen molar-refractivity contribution in [3.8, 4) is 0 Å². The normalized spacial score (nSPS) is 13.6. The van der Waals surface area contributed by atoms with E-state index >= 15 is 0 Å². The molecule has 0 saturated heterocycles. The predicted molar refractivity (Wildman–Crippen MR) is 125 cm³/mol. The Hall–Kier alpha value is -3.19. The average Bonchev–Trinajstić information content (AvgIpc) is 2.80. The lowest BCUT2D eigenvalue weighted by Gasteiger charge is -2.24. The first-order valence-electron chi connectivity index (χ1n) is 11.1. The quantitative estimate of drug-likeness (QED) is 0.383. The summed E-state index contributed by atoms with van der Waals surface area (Å²) in [6, 6.07) is 16.4. The molecule has 2 amide bonds. The molecule has 3 atom stereocenters. The Morgan fingerprint density at radius 2 is 1.50 bits per heavy atom. The Labute approximate surface area is 189 Å². The van der Waals surface area contributed by atoms with Crippen LogP contribution in [0.5, 0.6) is 0 Å². The fourth-order valence-corrected chi connectivity index (χ4v) is 3.32. The van der Waals surface area contributed by atoms with Crippen molar-refractivity contribution >= 4 is 23.5 Å². The first-order chi connectivity index (χ1) is 15.4. The van der Waals surface area contributed by atoms with Crippen molar-refractivity contribution in [1.29, 1.82) is 0 Å². The SMILES string of the molecule is CCCC[C@H](NC(=O)[C@H](CCc1ccccc1)N[C@H](C)C(=O)O)C(=O)Nc1ccccc1. The van der Waals surface area contributed by atoms with Crippen LogP contribution >= 0.6 is 0 Å². The summed E-state index contributed by atoms with van der Waals surface area (Å²) in [6.07, 6.45) is 3.18. The minimum Gasteiger partial charge on any atom is -0.480 e. The Bertz CT molecular complexity index is 858. The second-order valence-corrected chi connectivity index (χ2v) is 7.86. The van der Waals surface area contributed by atoms with E-state index in [-0.39, 0.29) is 11.8 Å². The molecule has 4 N–H and O–H groups in total. The van der Waals surface area contributed by atoms with Gasteiger partial charge >= 0.3 is 5.97 Å². The Kier molecular flexibility index (Phi) is 10.4. The molecule has 0 heterocycles. The topological polar surface area (TPSA) is 108 Å². The molecule has 32 heavy (non-hydrogen) atoms. The first kappa shape index (κ1) is 25.1. The van der Waals surface area contributed by atoms with E-state index in [4.69, 9.17) is 0 Å². The van der Waals surface area contributed by atoms with Crippen LogP contribution < -0.4 is 16.0 Å². The highest BCUT2D eigenvalue weighted by Crippen LogP contribution is 2.11. The van der Waals surface area contributed by atoms with Crippen LogP contribution in [0.3, 0.4) is 0 Å². The molecular weight excluding hydrogens is 406 g/mol. The summed E-state index contributed by atoms with van der Waals surface area (Å²) < 4.78 is 0. The average molecular weight is 440 g/mol. The van der Waals surface area contributed by atoms with Gasteiger partial charge in [-0.25, -0.2) is 0 Å². The lowest BCUT2D eigenvalue weighted by molar-refractivity contribution is -0.139. The third-order valence-corrected chi connectivity index (χ3v) is 5.22. The van der Waals surface area contributed by atoms with E-state index in [2.05, 4.69) is 16.0 Å². The van der Waals surface area contributed by atoms with Crippen LogP contribution in [0.1, 0.15) is 45.1 Å². The number of para-hydroxylation sites is 1. The summed E-state index contributed by atoms with van der Waals surface area (Å²) >= 11 is 0. The molecule has 0 saturated carbocycles. The maximum absolute atomic E-state index is 13.1. The molecule has 172 valence electrons. The lowest BCUT2D eigenvalue weighted by Crippen LogP contribution is -2.54. The monoisotopic (exact) mass is 439 g/mol. The molecule has 7 nitrogen and oxygen atoms in total. The van der Waals surface area contributed by atoms with Gasteiger partial charge in [-0.05, 0) is 43.9 Å². The third kappa shape index (κ3) is 8.51. The first-order valence-corrected chi connectivity index (χ1v) is 11.1. The second kappa shape index (κ2) is 13.3. The molecule has 0 fully saturated rings. The summed E-state index contributed by atoms with van der Waals surface area (Å²) in [5, 5.41) is 17.9. The molecule has 0 spiro atoms. The summed E-state index contributed by atoms with van der Waals surface area (Å²) in [6.45, 7) is 3.52. The summed E-state index contributed by atoms with van der Waals surface area (Å²) in [7, 11) is 0. The van der Waals surface area contributed by atoms with Crippen LogP contribution in [-0.4, -0.2) is 41.0 Å². The maximum atomic E-state index is 13.1. The molecule has 2 aromatic rings. The van der Waals surface area contributed by atoms with E-state index in [0.717, 1.165) is 18.4 Å². The van der Waals surface area contributed by atoms with Crippen LogP contribution in [0.2, 0.25) is 0 Å². The minimum atomic E-state index is -1.04. The smallest absolute Gasteiger partial charge is 0.320 e. The van der Waals surface area contributed by atoms with Crippen LogP contribution in [0.15, 0.2) is 60.7 Å². The van der Waals surface area contributed by atoms with Gasteiger partial charge < -0.3 is 15.7 Å². The number of nitrogens with one attached hydrogen (secondary N) is 3. The number of hydrogen-bond acceptors (Lipinski definition) is 4. The molecule has 0 aromatic heterocycles. The van der Waals surface area contributed by atoms with E-state index in [9.17, 15) is 19.5 Å². The molecule has 0 bridgehead atoms. The van der Waals surface area contributed by atoms with Crippen molar-refractivity contribution in [1.82, 2.24) is 10.6 Å². The van der Waals surface area contributed by atoms with Gasteiger partial charge in [-0.1, -0.05) is 68.3 Å². The van der Waals surface area contributed by atoms with Gasteiger partial charge in [-0.2, -0.15) is 0 Å². The molecule has 2 aromatic carbocycles. The van der Waals surface area contributed by atoms with Crippen molar-refractivity contribution in [3.63, 3.8) is 0 Å². The van der Waals surface area contributed by atoms with Crippen molar-refractivity contribution in [2.24, 2.45) is 0 Å². The van der Waals surface area contributed by atoms with Crippen LogP contribution in [0.25, 0.3) is 0 Å². The van der Waals surface area contributed by atoms with E-state index < -0.39 is 24.1 Å². The number of amides is 2. The summed E-state index contributed by atoms with van der Waals surface area (Å²) in [5.74, 6) is -1.70. The number of aryl methyl sites for hydroxylation is 1. The molecule has 0 unspecified atom stereocenters. The van der Waals surface area contributed by atoms with Gasteiger partial charge in [-0.3, -0.25) is 19.7 Å². The molecule has 0 radical (unpaired) electrons. The zero-order valence-corrected chi connectivity index (χ0v) is 18.7. The fourth-order valence-electron chi connectivity index (χ4n) is 3.32. The lowest BCUT2D eigenvalue weighted by atomic mass is 10.0. The summed E-state index contributed by atoms with van der Waals surface area (Å²) in [5.41, 5.74) is 1.71. The number of carbonyl (C=O) groups is 3. The van der Waals surface area contributed by atoms with Crippen molar-refractivity contribution in [2.45, 2.75) is 64.1 Å². The fraction of sp³-hybridized carbons (Fsp3) is 0.400. The number of hydrogen-bond donors (Lipinski definition) is 4. The van der Waals surface area contributed by atoms with Crippen LogP contribution in [0, 0.1) is 0 Å². The number of unbranched alkanes of at least 4 members (excludes halogenated alkanes) is 1. The third-order valence-electron chi connectivity index (χ3n) is 5.22. The molecule has 0 aliphatic rings. The van der Waals surface area contributed by atoms with Crippen molar-refractivity contribution in [2.75, 3.05) is 5.32 Å². The number of carbonyl (C=O) groups excluding carboxylic acids is 2. The van der Waals surface area contributed by atoms with E-state index in [0.29, 0.717) is 24.9 Å². The van der Waals surface area contributed by atoms with Gasteiger partial charge in [0.2, 0.25) is 11.8 Å². The van der Waals surface area contributed by atoms with Gasteiger partial charge in [0, 0.05) is 5.69 Å². The van der Waals surface area contributed by atoms with Crippen LogP contribution in [0.4, 0.5) is 5.69 Å². The number of carboxylic acid groups (broad SMARTS) is 1. The minimum absolute atomic E-state index is 0.286. The number of anilines is 1. The largest absolute Gasteiger partial charge is 0.480 e. The zero-order chi connectivity index (χ0) is 23.3. The molecule has 2 rings (SSSR count). The van der Waals surface area contributed by atoms with Crippen LogP contribution in [-0.2, 0) is 20.8 Å². The molecular formula is C25H33N3O4. The maximum Gasteiger partial charge on any atom is 0.320 e. The van der Waals surface area contributed by atoms with Gasteiger partial charge in [0.15, 0.2) is 0 Å². The molecule has 7 heteroatoms. The van der Waals surface area contributed by atoms with Crippen molar-refractivity contribution in [3.05, 3.63) is 66.2 Å². The van der Waals surface area contributed by atoms with E-state index in [1.54, 1.807) is 12.1 Å². The highest BCUT2D eigenvalue weighted by Gasteiger charge is 2.27. The Morgan fingerprint density at radius 1 is 0.875 bits per heavy atom. The van der Waals surface area contributed by atoms with Gasteiger partial charge in [-0.15, -0.1) is 0 Å². The molecule has 0 aliphatic carbocycles. The van der Waals surface area contributed by atoms with Crippen molar-refractivity contribution < 1.29 is 19.5 Å². The number of aliphatic carboxylic acids is 1.